The third kappa shape index (κ3) is 2.27. The number of anilines is 2. The highest BCUT2D eigenvalue weighted by Crippen LogP contribution is 2.24. The molecular weight excluding hydrogens is 310 g/mol. The standard InChI is InChI=1S/C16H17N5O3/c1-19-7-6-14(18-19)21-8-5-11(15(21)22)17-10-3-4-12-13(9-10)24-16(23)20(12)2/h3-4,6-7,9,11,17H,5,8H2,1-2H3. The Bertz CT molecular complexity index is 983. The molecule has 0 bridgehead atoms. The SMILES string of the molecule is Cn1ccc(N2CCC(Nc3ccc4c(c3)oc(=O)n4C)C2=O)n1. The molecule has 1 fully saturated rings. The average Bonchev–Trinajstić information content (AvgIpc) is 3.20. The van der Waals surface area contributed by atoms with Crippen molar-refractivity contribution in [2.45, 2.75) is 12.5 Å². The smallest absolute Gasteiger partial charge is 0.408 e. The summed E-state index contributed by atoms with van der Waals surface area (Å²) < 4.78 is 8.31. The zero-order valence-electron chi connectivity index (χ0n) is 13.4. The number of rotatable bonds is 3. The van der Waals surface area contributed by atoms with Crippen molar-refractivity contribution in [2.24, 2.45) is 14.1 Å². The molecule has 0 saturated carbocycles. The van der Waals surface area contributed by atoms with Crippen LogP contribution in [0.3, 0.4) is 0 Å². The van der Waals surface area contributed by atoms with Crippen LogP contribution in [0.2, 0.25) is 0 Å². The third-order valence-electron chi connectivity index (χ3n) is 4.31. The van der Waals surface area contributed by atoms with Crippen molar-refractivity contribution >= 4 is 28.5 Å². The molecule has 0 radical (unpaired) electrons. The molecule has 1 aliphatic heterocycles. The monoisotopic (exact) mass is 327 g/mol. The summed E-state index contributed by atoms with van der Waals surface area (Å²) in [6, 6.07) is 6.89. The Kier molecular flexibility index (Phi) is 3.19. The number of oxazole rings is 1. The molecule has 3 heterocycles. The Morgan fingerprint density at radius 1 is 1.25 bits per heavy atom. The maximum atomic E-state index is 12.6. The Morgan fingerprint density at radius 2 is 2.08 bits per heavy atom. The summed E-state index contributed by atoms with van der Waals surface area (Å²) in [6.45, 7) is 0.621. The second-order valence-corrected chi connectivity index (χ2v) is 5.93. The van der Waals surface area contributed by atoms with E-state index in [9.17, 15) is 9.59 Å². The van der Waals surface area contributed by atoms with Crippen molar-refractivity contribution in [1.82, 2.24) is 14.3 Å². The van der Waals surface area contributed by atoms with Gasteiger partial charge >= 0.3 is 5.76 Å². The molecule has 8 nitrogen and oxygen atoms in total. The Hall–Kier alpha value is -3.03. The van der Waals surface area contributed by atoms with E-state index in [1.165, 1.54) is 4.57 Å². The first-order valence-electron chi connectivity index (χ1n) is 7.70. The molecule has 8 heteroatoms. The summed E-state index contributed by atoms with van der Waals surface area (Å²) >= 11 is 0. The number of nitrogens with one attached hydrogen (secondary N) is 1. The summed E-state index contributed by atoms with van der Waals surface area (Å²) in [7, 11) is 3.48. The number of hydrogen-bond acceptors (Lipinski definition) is 5. The van der Waals surface area contributed by atoms with E-state index in [4.69, 9.17) is 4.42 Å². The van der Waals surface area contributed by atoms with E-state index in [-0.39, 0.29) is 11.9 Å². The van der Waals surface area contributed by atoms with Gasteiger partial charge in [0.05, 0.1) is 5.52 Å². The molecule has 3 aromatic rings. The van der Waals surface area contributed by atoms with E-state index in [1.54, 1.807) is 28.8 Å². The number of aryl methyl sites for hydroxylation is 2. The number of carbonyl (C=O) groups is 1. The lowest BCUT2D eigenvalue weighted by Gasteiger charge is -2.15. The molecule has 0 aliphatic carbocycles. The van der Waals surface area contributed by atoms with E-state index in [0.29, 0.717) is 24.4 Å². The molecule has 4 rings (SSSR count). The zero-order valence-corrected chi connectivity index (χ0v) is 13.4. The summed E-state index contributed by atoms with van der Waals surface area (Å²) in [4.78, 5) is 25.8. The van der Waals surface area contributed by atoms with E-state index in [1.807, 2.05) is 25.4 Å². The summed E-state index contributed by atoms with van der Waals surface area (Å²) in [5.41, 5.74) is 1.97. The van der Waals surface area contributed by atoms with Gasteiger partial charge in [0.15, 0.2) is 11.4 Å². The van der Waals surface area contributed by atoms with E-state index >= 15 is 0 Å². The molecule has 1 amide bonds. The summed E-state index contributed by atoms with van der Waals surface area (Å²) in [5.74, 6) is 0.250. The van der Waals surface area contributed by atoms with E-state index < -0.39 is 5.76 Å². The third-order valence-corrected chi connectivity index (χ3v) is 4.31. The lowest BCUT2D eigenvalue weighted by Crippen LogP contribution is -2.33. The van der Waals surface area contributed by atoms with Crippen LogP contribution in [-0.4, -0.2) is 32.8 Å². The highest BCUT2D eigenvalue weighted by Gasteiger charge is 2.33. The number of nitrogens with zero attached hydrogens (tertiary/aromatic N) is 4. The van der Waals surface area contributed by atoms with Crippen LogP contribution in [0.4, 0.5) is 11.5 Å². The lowest BCUT2D eigenvalue weighted by molar-refractivity contribution is -0.117. The molecule has 1 unspecified atom stereocenters. The summed E-state index contributed by atoms with van der Waals surface area (Å²) in [6.07, 6.45) is 2.50. The molecule has 1 aliphatic rings. The van der Waals surface area contributed by atoms with Gasteiger partial charge in [-0.15, -0.1) is 0 Å². The van der Waals surface area contributed by atoms with E-state index in [2.05, 4.69) is 10.4 Å². The first-order valence-corrected chi connectivity index (χ1v) is 7.70. The largest absolute Gasteiger partial charge is 0.419 e. The molecule has 1 aromatic carbocycles. The average molecular weight is 327 g/mol. The van der Waals surface area contributed by atoms with Crippen molar-refractivity contribution in [3.63, 3.8) is 0 Å². The van der Waals surface area contributed by atoms with Gasteiger partial charge in [-0.25, -0.2) is 4.79 Å². The predicted octanol–water partition coefficient (Wildman–Crippen LogP) is 1.08. The maximum absolute atomic E-state index is 12.6. The highest BCUT2D eigenvalue weighted by atomic mass is 16.4. The van der Waals surface area contributed by atoms with Crippen LogP contribution in [0, 0.1) is 0 Å². The van der Waals surface area contributed by atoms with Crippen LogP contribution in [-0.2, 0) is 18.9 Å². The number of hydrogen-bond donors (Lipinski definition) is 1. The number of amides is 1. The normalized spacial score (nSPS) is 17.8. The minimum Gasteiger partial charge on any atom is -0.408 e. The van der Waals surface area contributed by atoms with Gasteiger partial charge in [-0.1, -0.05) is 0 Å². The lowest BCUT2D eigenvalue weighted by atomic mass is 10.2. The van der Waals surface area contributed by atoms with Gasteiger partial charge in [0.2, 0.25) is 0 Å². The van der Waals surface area contributed by atoms with Gasteiger partial charge in [0, 0.05) is 44.7 Å². The fraction of sp³-hybridized carbons (Fsp3) is 0.312. The number of carbonyl (C=O) groups excluding carboxylic acids is 1. The van der Waals surface area contributed by atoms with Gasteiger partial charge < -0.3 is 9.73 Å². The van der Waals surface area contributed by atoms with Gasteiger partial charge in [-0.3, -0.25) is 18.9 Å². The van der Waals surface area contributed by atoms with Crippen molar-refractivity contribution in [3.8, 4) is 0 Å². The second-order valence-electron chi connectivity index (χ2n) is 5.93. The van der Waals surface area contributed by atoms with Crippen LogP contribution >= 0.6 is 0 Å². The molecule has 24 heavy (non-hydrogen) atoms. The van der Waals surface area contributed by atoms with E-state index in [0.717, 1.165) is 11.2 Å². The Balaban J connectivity index is 1.55. The van der Waals surface area contributed by atoms with Gasteiger partial charge in [0.1, 0.15) is 6.04 Å². The first-order chi connectivity index (χ1) is 11.5. The highest BCUT2D eigenvalue weighted by molar-refractivity contribution is 6.00. The minimum absolute atomic E-state index is 0.0108. The van der Waals surface area contributed by atoms with Crippen molar-refractivity contribution in [1.29, 1.82) is 0 Å². The molecular formula is C16H17N5O3. The van der Waals surface area contributed by atoms with Crippen LogP contribution in [0.15, 0.2) is 39.7 Å². The molecule has 0 spiro atoms. The minimum atomic E-state index is -0.402. The van der Waals surface area contributed by atoms with Crippen molar-refractivity contribution in [3.05, 3.63) is 41.0 Å². The zero-order chi connectivity index (χ0) is 16.8. The molecule has 2 aromatic heterocycles. The number of aromatic nitrogens is 3. The fourth-order valence-electron chi connectivity index (χ4n) is 3.01. The molecule has 1 saturated heterocycles. The first kappa shape index (κ1) is 14.6. The summed E-state index contributed by atoms with van der Waals surface area (Å²) in [5, 5.41) is 7.50. The molecule has 1 atom stereocenters. The van der Waals surface area contributed by atoms with Gasteiger partial charge in [0.25, 0.3) is 5.91 Å². The Morgan fingerprint density at radius 3 is 2.83 bits per heavy atom. The number of benzene rings is 1. The number of fused-ring (bicyclic) bond motifs is 1. The van der Waals surface area contributed by atoms with Crippen molar-refractivity contribution < 1.29 is 9.21 Å². The van der Waals surface area contributed by atoms with Crippen LogP contribution in [0.1, 0.15) is 6.42 Å². The van der Waals surface area contributed by atoms with Crippen LogP contribution in [0.5, 0.6) is 0 Å². The second kappa shape index (κ2) is 5.26. The quantitative estimate of drug-likeness (QED) is 0.778. The van der Waals surface area contributed by atoms with Gasteiger partial charge in [-0.05, 0) is 18.6 Å². The fourth-order valence-corrected chi connectivity index (χ4v) is 3.01. The van der Waals surface area contributed by atoms with Crippen molar-refractivity contribution in [2.75, 3.05) is 16.8 Å². The molecule has 1 N–H and O–H groups in total. The Labute approximate surface area is 137 Å². The predicted molar refractivity (Wildman–Crippen MR) is 89.0 cm³/mol. The maximum Gasteiger partial charge on any atom is 0.419 e. The van der Waals surface area contributed by atoms with Gasteiger partial charge in [-0.2, -0.15) is 5.10 Å². The molecule has 124 valence electrons. The van der Waals surface area contributed by atoms with Crippen LogP contribution < -0.4 is 16.0 Å². The van der Waals surface area contributed by atoms with Crippen LogP contribution in [0.25, 0.3) is 11.1 Å². The topological polar surface area (TPSA) is 85.3 Å².